The zero-order valence-corrected chi connectivity index (χ0v) is 19.8. The van der Waals surface area contributed by atoms with Gasteiger partial charge in [-0.3, -0.25) is 14.8 Å². The number of fused-ring (bicyclic) bond motifs is 1. The molecule has 0 fully saturated rings. The van der Waals surface area contributed by atoms with E-state index in [1.807, 2.05) is 26.0 Å². The molecule has 0 saturated carbocycles. The Balaban J connectivity index is 1.80. The van der Waals surface area contributed by atoms with Crippen molar-refractivity contribution in [2.24, 2.45) is 0 Å². The molecule has 3 aromatic rings. The fourth-order valence-corrected chi connectivity index (χ4v) is 4.80. The van der Waals surface area contributed by atoms with Crippen LogP contribution in [0, 0.1) is 13.8 Å². The molecule has 0 spiro atoms. The number of halogens is 1. The molecule has 0 atom stereocenters. The molecule has 0 unspecified atom stereocenters. The minimum Gasteiger partial charge on any atom is -0.354 e. The minimum atomic E-state index is -3.55. The monoisotopic (exact) mass is 470 g/mol. The number of aryl methyl sites for hydroxylation is 2. The molecular weight excluding hydrogens is 448 g/mol. The van der Waals surface area contributed by atoms with Gasteiger partial charge in [-0.2, -0.15) is 0 Å². The van der Waals surface area contributed by atoms with Crippen LogP contribution in [0.2, 0.25) is 5.02 Å². The van der Waals surface area contributed by atoms with Crippen LogP contribution in [-0.2, 0) is 22.8 Å². The Morgan fingerprint density at radius 1 is 1.06 bits per heavy atom. The van der Waals surface area contributed by atoms with E-state index in [-0.39, 0.29) is 10.8 Å². The average Bonchev–Trinajstić information content (AvgIpc) is 2.99. The summed E-state index contributed by atoms with van der Waals surface area (Å²) >= 11 is 6.03. The van der Waals surface area contributed by atoms with Crippen molar-refractivity contribution in [2.45, 2.75) is 31.7 Å². The van der Waals surface area contributed by atoms with E-state index in [1.165, 1.54) is 6.07 Å². The average molecular weight is 471 g/mol. The molecule has 3 heterocycles. The third-order valence-corrected chi connectivity index (χ3v) is 6.85. The zero-order chi connectivity index (χ0) is 23.2. The predicted octanol–water partition coefficient (Wildman–Crippen LogP) is 4.07. The lowest BCUT2D eigenvalue weighted by Gasteiger charge is -2.15. The molecule has 0 bridgehead atoms. The maximum atomic E-state index is 12.8. The summed E-state index contributed by atoms with van der Waals surface area (Å²) in [6.45, 7) is 4.36. The second-order valence-electron chi connectivity index (χ2n) is 8.06. The molecule has 1 aliphatic rings. The van der Waals surface area contributed by atoms with Crippen LogP contribution in [-0.4, -0.2) is 42.5 Å². The number of hydrogen-bond donors (Lipinski definition) is 1. The van der Waals surface area contributed by atoms with E-state index in [2.05, 4.69) is 10.3 Å². The Morgan fingerprint density at radius 3 is 2.50 bits per heavy atom. The second-order valence-corrected chi connectivity index (χ2v) is 10.5. The minimum absolute atomic E-state index is 0.0618. The van der Waals surface area contributed by atoms with Gasteiger partial charge in [-0.1, -0.05) is 17.7 Å². The summed E-state index contributed by atoms with van der Waals surface area (Å²) in [5.41, 5.74) is 5.62. The Kier molecular flexibility index (Phi) is 5.68. The summed E-state index contributed by atoms with van der Waals surface area (Å²) in [5, 5.41) is 3.47. The Hall–Kier alpha value is -2.97. The third-order valence-electron chi connectivity index (χ3n) is 5.48. The number of sulfone groups is 1. The Bertz CT molecular complexity index is 1360. The summed E-state index contributed by atoms with van der Waals surface area (Å²) in [7, 11) is -1.84. The van der Waals surface area contributed by atoms with Crippen molar-refractivity contribution in [3.8, 4) is 0 Å². The van der Waals surface area contributed by atoms with Crippen molar-refractivity contribution in [1.82, 2.24) is 14.9 Å². The smallest absolute Gasteiger partial charge is 0.257 e. The van der Waals surface area contributed by atoms with Gasteiger partial charge in [0.25, 0.3) is 5.91 Å². The highest BCUT2D eigenvalue weighted by Crippen LogP contribution is 2.34. The number of rotatable bonds is 5. The SMILES string of the molecule is Cc1ccc(Cc2cc(Nc3ccc(Cl)cc3S(C)(=O)=O)c3c(n2)CN(C)C3=O)nc1C. The van der Waals surface area contributed by atoms with Crippen LogP contribution in [0.1, 0.15) is 38.7 Å². The normalized spacial score (nSPS) is 13.4. The summed E-state index contributed by atoms with van der Waals surface area (Å²) in [6.07, 6.45) is 1.61. The van der Waals surface area contributed by atoms with E-state index < -0.39 is 9.84 Å². The van der Waals surface area contributed by atoms with Gasteiger partial charge in [-0.25, -0.2) is 8.42 Å². The molecule has 1 N–H and O–H groups in total. The van der Waals surface area contributed by atoms with E-state index in [0.717, 1.165) is 28.9 Å². The molecule has 1 amide bonds. The van der Waals surface area contributed by atoms with Crippen molar-refractivity contribution in [2.75, 3.05) is 18.6 Å². The lowest BCUT2D eigenvalue weighted by Crippen LogP contribution is -2.18. The molecule has 9 heteroatoms. The molecule has 32 heavy (non-hydrogen) atoms. The second kappa shape index (κ2) is 8.18. The van der Waals surface area contributed by atoms with Gasteiger partial charge in [0.15, 0.2) is 9.84 Å². The van der Waals surface area contributed by atoms with Gasteiger partial charge in [0.2, 0.25) is 0 Å². The van der Waals surface area contributed by atoms with Crippen molar-refractivity contribution in [1.29, 1.82) is 0 Å². The quantitative estimate of drug-likeness (QED) is 0.604. The fraction of sp³-hybridized carbons (Fsp3) is 0.261. The van der Waals surface area contributed by atoms with Crippen LogP contribution in [0.15, 0.2) is 41.3 Å². The highest BCUT2D eigenvalue weighted by Gasteiger charge is 2.30. The predicted molar refractivity (Wildman–Crippen MR) is 124 cm³/mol. The number of anilines is 2. The maximum absolute atomic E-state index is 12.8. The van der Waals surface area contributed by atoms with E-state index in [9.17, 15) is 13.2 Å². The molecular formula is C23H23ClN4O3S. The topological polar surface area (TPSA) is 92.3 Å². The summed E-state index contributed by atoms with van der Waals surface area (Å²) in [4.78, 5) is 23.8. The molecule has 1 aliphatic heterocycles. The van der Waals surface area contributed by atoms with Crippen molar-refractivity contribution < 1.29 is 13.2 Å². The summed E-state index contributed by atoms with van der Waals surface area (Å²) in [6, 6.07) is 10.4. The standard InChI is InChI=1S/C23H23ClN4O3S/c1-13-5-7-16(25-14(13)2)10-17-11-19(22-20(26-17)12-28(3)23(22)29)27-18-8-6-15(24)9-21(18)32(4,30)31/h5-9,11H,10,12H2,1-4H3,(H,26,27). The van der Waals surface area contributed by atoms with Crippen LogP contribution < -0.4 is 5.32 Å². The first kappa shape index (κ1) is 22.2. The van der Waals surface area contributed by atoms with Gasteiger partial charge < -0.3 is 10.2 Å². The molecule has 0 saturated heterocycles. The van der Waals surface area contributed by atoms with Gasteiger partial charge in [0, 0.05) is 41.8 Å². The van der Waals surface area contributed by atoms with Crippen LogP contribution in [0.4, 0.5) is 11.4 Å². The van der Waals surface area contributed by atoms with Crippen LogP contribution in [0.3, 0.4) is 0 Å². The summed E-state index contributed by atoms with van der Waals surface area (Å²) < 4.78 is 24.6. The first-order valence-electron chi connectivity index (χ1n) is 10.0. The molecule has 0 radical (unpaired) electrons. The molecule has 166 valence electrons. The van der Waals surface area contributed by atoms with Crippen molar-refractivity contribution in [3.63, 3.8) is 0 Å². The van der Waals surface area contributed by atoms with E-state index in [0.29, 0.717) is 40.6 Å². The Morgan fingerprint density at radius 2 is 1.81 bits per heavy atom. The van der Waals surface area contributed by atoms with E-state index in [4.69, 9.17) is 16.6 Å². The number of nitrogens with zero attached hydrogens (tertiary/aromatic N) is 3. The first-order chi connectivity index (χ1) is 15.0. The van der Waals surface area contributed by atoms with E-state index in [1.54, 1.807) is 30.1 Å². The van der Waals surface area contributed by atoms with Crippen LogP contribution >= 0.6 is 11.6 Å². The first-order valence-corrected chi connectivity index (χ1v) is 12.3. The van der Waals surface area contributed by atoms with Gasteiger partial charge in [0.05, 0.1) is 34.1 Å². The molecule has 2 aromatic heterocycles. The summed E-state index contributed by atoms with van der Waals surface area (Å²) in [5.74, 6) is -0.166. The van der Waals surface area contributed by atoms with Crippen LogP contribution in [0.25, 0.3) is 0 Å². The number of benzene rings is 1. The number of nitrogens with one attached hydrogen (secondary N) is 1. The van der Waals surface area contributed by atoms with Crippen molar-refractivity contribution >= 4 is 38.7 Å². The number of pyridine rings is 2. The van der Waals surface area contributed by atoms with Gasteiger partial charge in [-0.05, 0) is 49.7 Å². The number of hydrogen-bond acceptors (Lipinski definition) is 6. The zero-order valence-electron chi connectivity index (χ0n) is 18.2. The maximum Gasteiger partial charge on any atom is 0.257 e. The van der Waals surface area contributed by atoms with Crippen LogP contribution in [0.5, 0.6) is 0 Å². The number of amides is 1. The van der Waals surface area contributed by atoms with Gasteiger partial charge in [0.1, 0.15) is 0 Å². The highest BCUT2D eigenvalue weighted by molar-refractivity contribution is 7.90. The van der Waals surface area contributed by atoms with Crippen molar-refractivity contribution in [3.05, 3.63) is 75.3 Å². The van der Waals surface area contributed by atoms with E-state index >= 15 is 0 Å². The fourth-order valence-electron chi connectivity index (χ4n) is 3.70. The Labute approximate surface area is 192 Å². The van der Waals surface area contributed by atoms with Gasteiger partial charge in [-0.15, -0.1) is 0 Å². The molecule has 7 nitrogen and oxygen atoms in total. The molecule has 1 aromatic carbocycles. The highest BCUT2D eigenvalue weighted by atomic mass is 35.5. The lowest BCUT2D eigenvalue weighted by molar-refractivity contribution is 0.0817. The van der Waals surface area contributed by atoms with Gasteiger partial charge >= 0.3 is 0 Å². The largest absolute Gasteiger partial charge is 0.354 e. The lowest BCUT2D eigenvalue weighted by atomic mass is 10.1. The number of aromatic nitrogens is 2. The molecule has 0 aliphatic carbocycles. The number of carbonyl (C=O) groups excluding carboxylic acids is 1. The molecule has 4 rings (SSSR count). The third kappa shape index (κ3) is 4.33. The number of carbonyl (C=O) groups is 1.